The van der Waals surface area contributed by atoms with Crippen molar-refractivity contribution in [1.29, 1.82) is 0 Å². The topological polar surface area (TPSA) is 63.2 Å². The third-order valence-electron chi connectivity index (χ3n) is 7.21. The van der Waals surface area contributed by atoms with Gasteiger partial charge in [-0.25, -0.2) is 8.78 Å². The molecule has 11 heteroatoms. The van der Waals surface area contributed by atoms with Crippen molar-refractivity contribution in [3.8, 4) is 11.3 Å². The van der Waals surface area contributed by atoms with Crippen LogP contribution in [0.25, 0.3) is 11.3 Å². The molecule has 0 amide bonds. The Kier molecular flexibility index (Phi) is 5.97. The molecule has 3 aliphatic rings. The standard InChI is InChI=1S/C24H28F5N5O/c25-23(26,17-4-7-35-8-5-17)14-34-12-15-9-18(10-16(15)13-34)31-22-2-1-21(32-33-22)19-11-30-6-3-20(19)24(27,28)29/h1-3,6,11,15-18H,4-5,7-10,12-14H2,(H,31,33)/t15-,16+,18?/i14D2. The Morgan fingerprint density at radius 3 is 2.37 bits per heavy atom. The van der Waals surface area contributed by atoms with E-state index in [-0.39, 0.29) is 68.3 Å². The quantitative estimate of drug-likeness (QED) is 0.580. The van der Waals surface area contributed by atoms with E-state index < -0.39 is 30.1 Å². The van der Waals surface area contributed by atoms with Crippen LogP contribution in [0.3, 0.4) is 0 Å². The zero-order valence-corrected chi connectivity index (χ0v) is 18.9. The number of pyridine rings is 1. The van der Waals surface area contributed by atoms with Crippen molar-refractivity contribution in [2.24, 2.45) is 17.8 Å². The van der Waals surface area contributed by atoms with Gasteiger partial charge >= 0.3 is 6.18 Å². The fourth-order valence-electron chi connectivity index (χ4n) is 5.48. The molecule has 1 saturated carbocycles. The first-order valence-electron chi connectivity index (χ1n) is 12.8. The van der Waals surface area contributed by atoms with E-state index >= 15 is 8.78 Å². The molecule has 6 nitrogen and oxygen atoms in total. The molecule has 0 aromatic carbocycles. The molecule has 0 radical (unpaired) electrons. The minimum atomic E-state index is -4.54. The fourth-order valence-corrected chi connectivity index (χ4v) is 5.48. The first-order chi connectivity index (χ1) is 17.5. The number of hydrogen-bond acceptors (Lipinski definition) is 6. The van der Waals surface area contributed by atoms with Gasteiger partial charge in [0, 0.05) is 59.0 Å². The maximum Gasteiger partial charge on any atom is 0.417 e. The Bertz CT molecular complexity index is 1080. The van der Waals surface area contributed by atoms with Crippen molar-refractivity contribution in [3.63, 3.8) is 0 Å². The lowest BCUT2D eigenvalue weighted by Gasteiger charge is -2.33. The van der Waals surface area contributed by atoms with Gasteiger partial charge < -0.3 is 10.1 Å². The molecular formula is C24H28F5N5O. The summed E-state index contributed by atoms with van der Waals surface area (Å²) in [6.45, 7) is -1.78. The highest BCUT2D eigenvalue weighted by molar-refractivity contribution is 5.63. The van der Waals surface area contributed by atoms with Crippen molar-refractivity contribution in [1.82, 2.24) is 20.1 Å². The van der Waals surface area contributed by atoms with Crippen LogP contribution in [-0.2, 0) is 10.9 Å². The first kappa shape index (κ1) is 21.8. The normalized spacial score (nSPS) is 27.4. The van der Waals surface area contributed by atoms with Crippen LogP contribution in [0.2, 0.25) is 0 Å². The molecule has 5 rings (SSSR count). The van der Waals surface area contributed by atoms with Crippen LogP contribution >= 0.6 is 0 Å². The highest BCUT2D eigenvalue weighted by Crippen LogP contribution is 2.42. The third kappa shape index (κ3) is 5.40. The van der Waals surface area contributed by atoms with E-state index in [0.29, 0.717) is 18.7 Å². The van der Waals surface area contributed by atoms with Gasteiger partial charge in [0.2, 0.25) is 0 Å². The van der Waals surface area contributed by atoms with Crippen LogP contribution in [-0.4, -0.2) is 64.8 Å². The molecule has 2 aromatic rings. The third-order valence-corrected chi connectivity index (χ3v) is 7.21. The summed E-state index contributed by atoms with van der Waals surface area (Å²) >= 11 is 0. The smallest absolute Gasteiger partial charge is 0.381 e. The monoisotopic (exact) mass is 499 g/mol. The lowest BCUT2D eigenvalue weighted by Crippen LogP contribution is -2.43. The first-order valence-corrected chi connectivity index (χ1v) is 11.8. The van der Waals surface area contributed by atoms with E-state index in [2.05, 4.69) is 20.5 Å². The molecule has 4 heterocycles. The lowest BCUT2D eigenvalue weighted by atomic mass is 9.92. The summed E-state index contributed by atoms with van der Waals surface area (Å²) < 4.78 is 92.0. The Labute approximate surface area is 203 Å². The number of likely N-dealkylation sites (tertiary alicyclic amines) is 1. The number of hydrogen-bond donors (Lipinski definition) is 1. The zero-order valence-electron chi connectivity index (χ0n) is 20.9. The van der Waals surface area contributed by atoms with E-state index in [1.807, 2.05) is 0 Å². The van der Waals surface area contributed by atoms with Gasteiger partial charge in [0.15, 0.2) is 0 Å². The molecule has 1 aliphatic carbocycles. The van der Waals surface area contributed by atoms with Crippen molar-refractivity contribution >= 4 is 5.82 Å². The van der Waals surface area contributed by atoms with Gasteiger partial charge in [-0.05, 0) is 55.7 Å². The maximum absolute atomic E-state index is 15.2. The van der Waals surface area contributed by atoms with Gasteiger partial charge in [-0.2, -0.15) is 13.2 Å². The van der Waals surface area contributed by atoms with Crippen LogP contribution in [0.4, 0.5) is 27.8 Å². The minimum absolute atomic E-state index is 0.0108. The molecule has 190 valence electrons. The summed E-state index contributed by atoms with van der Waals surface area (Å²) in [7, 11) is 0. The Morgan fingerprint density at radius 2 is 1.74 bits per heavy atom. The maximum atomic E-state index is 15.2. The van der Waals surface area contributed by atoms with Crippen LogP contribution in [0.1, 0.15) is 34.0 Å². The SMILES string of the molecule is [2H]C([2H])(N1C[C@H]2CC(Nc3ccc(-c4cnccc4C(F)(F)F)nn3)C[C@H]2C1)C(F)(F)C1CCOCC1. The molecule has 2 aromatic heterocycles. The summed E-state index contributed by atoms with van der Waals surface area (Å²) in [5.74, 6) is -3.97. The summed E-state index contributed by atoms with van der Waals surface area (Å²) in [5.41, 5.74) is -0.943. The minimum Gasteiger partial charge on any atom is -0.381 e. The summed E-state index contributed by atoms with van der Waals surface area (Å²) in [5, 5.41) is 11.2. The number of anilines is 1. The number of ether oxygens (including phenoxy) is 1. The van der Waals surface area contributed by atoms with Crippen LogP contribution < -0.4 is 5.32 Å². The second kappa shape index (κ2) is 9.57. The average Bonchev–Trinajstić information content (AvgIpc) is 3.44. The van der Waals surface area contributed by atoms with Gasteiger partial charge in [0.25, 0.3) is 5.92 Å². The molecule has 1 N–H and O–H groups in total. The molecular weight excluding hydrogens is 469 g/mol. The highest BCUT2D eigenvalue weighted by atomic mass is 19.4. The number of alkyl halides is 5. The zero-order chi connectivity index (χ0) is 26.4. The molecule has 3 fully saturated rings. The van der Waals surface area contributed by atoms with Gasteiger partial charge in [0.1, 0.15) is 5.82 Å². The number of halogens is 5. The number of rotatable bonds is 6. The molecule has 0 bridgehead atoms. The van der Waals surface area contributed by atoms with Crippen molar-refractivity contribution in [3.05, 3.63) is 36.2 Å². The highest BCUT2D eigenvalue weighted by Gasteiger charge is 2.46. The molecule has 3 atom stereocenters. The van der Waals surface area contributed by atoms with Crippen LogP contribution in [0.15, 0.2) is 30.6 Å². The molecule has 1 unspecified atom stereocenters. The van der Waals surface area contributed by atoms with E-state index in [1.165, 1.54) is 11.0 Å². The van der Waals surface area contributed by atoms with Gasteiger partial charge in [0.05, 0.1) is 17.8 Å². The molecule has 35 heavy (non-hydrogen) atoms. The van der Waals surface area contributed by atoms with Crippen LogP contribution in [0, 0.1) is 17.8 Å². The Morgan fingerprint density at radius 1 is 1.03 bits per heavy atom. The predicted molar refractivity (Wildman–Crippen MR) is 119 cm³/mol. The number of aromatic nitrogens is 3. The van der Waals surface area contributed by atoms with E-state index in [4.69, 9.17) is 7.48 Å². The second-order valence-corrected chi connectivity index (χ2v) is 9.58. The fraction of sp³-hybridized carbons (Fsp3) is 0.625. The summed E-state index contributed by atoms with van der Waals surface area (Å²) in [4.78, 5) is 5.07. The lowest BCUT2D eigenvalue weighted by molar-refractivity contribution is -0.137. The Hall–Kier alpha value is -2.40. The number of nitrogens with zero attached hydrogens (tertiary/aromatic N) is 4. The summed E-state index contributed by atoms with van der Waals surface area (Å²) in [6, 6.07) is 3.89. The van der Waals surface area contributed by atoms with Crippen molar-refractivity contribution in [2.75, 3.05) is 38.1 Å². The summed E-state index contributed by atoms with van der Waals surface area (Å²) in [6.07, 6.45) is -0.750. The number of fused-ring (bicyclic) bond motifs is 1. The molecule has 2 saturated heterocycles. The van der Waals surface area contributed by atoms with Crippen molar-refractivity contribution in [2.45, 2.75) is 43.8 Å². The van der Waals surface area contributed by atoms with Gasteiger partial charge in [-0.15, -0.1) is 10.2 Å². The Balaban J connectivity index is 1.19. The van der Waals surface area contributed by atoms with Gasteiger partial charge in [-0.1, -0.05) is 0 Å². The van der Waals surface area contributed by atoms with Gasteiger partial charge in [-0.3, -0.25) is 9.88 Å². The molecule has 2 aliphatic heterocycles. The largest absolute Gasteiger partial charge is 0.417 e. The van der Waals surface area contributed by atoms with E-state index in [0.717, 1.165) is 18.5 Å². The van der Waals surface area contributed by atoms with Crippen LogP contribution in [0.5, 0.6) is 0 Å². The molecule has 0 spiro atoms. The predicted octanol–water partition coefficient (Wildman–Crippen LogP) is 4.74. The van der Waals surface area contributed by atoms with Crippen molar-refractivity contribution < 1.29 is 29.4 Å². The van der Waals surface area contributed by atoms with E-state index in [9.17, 15) is 13.2 Å². The second-order valence-electron chi connectivity index (χ2n) is 9.58. The van der Waals surface area contributed by atoms with E-state index in [1.54, 1.807) is 6.07 Å². The number of nitrogens with one attached hydrogen (secondary N) is 1. The average molecular weight is 500 g/mol.